The van der Waals surface area contributed by atoms with Gasteiger partial charge in [0.15, 0.2) is 0 Å². The standard InChI is InChI=1S/C21H23NO2/c1-3-19(16-9-5-4-6-10-16)21(23)22-15(2)13-18-14-17-11-7-8-12-20(17)24-18/h4-12,14-15,19H,3,13H2,1-2H3,(H,22,23)/t15-,19+/m0/s1. The summed E-state index contributed by atoms with van der Waals surface area (Å²) in [6, 6.07) is 20.0. The summed E-state index contributed by atoms with van der Waals surface area (Å²) in [5.41, 5.74) is 1.95. The monoisotopic (exact) mass is 321 g/mol. The average Bonchev–Trinajstić information content (AvgIpc) is 2.98. The number of nitrogens with one attached hydrogen (secondary N) is 1. The number of carbonyl (C=O) groups excluding carboxylic acids is 1. The molecule has 0 aliphatic rings. The molecular formula is C21H23NO2. The zero-order chi connectivity index (χ0) is 16.9. The number of hydrogen-bond acceptors (Lipinski definition) is 2. The summed E-state index contributed by atoms with van der Waals surface area (Å²) in [7, 11) is 0. The second-order valence-electron chi connectivity index (χ2n) is 6.24. The van der Waals surface area contributed by atoms with Gasteiger partial charge in [-0.2, -0.15) is 0 Å². The van der Waals surface area contributed by atoms with Crippen LogP contribution in [-0.4, -0.2) is 11.9 Å². The highest BCUT2D eigenvalue weighted by Crippen LogP contribution is 2.21. The van der Waals surface area contributed by atoms with Crippen LogP contribution in [0.3, 0.4) is 0 Å². The number of rotatable bonds is 6. The van der Waals surface area contributed by atoms with Crippen molar-refractivity contribution in [1.82, 2.24) is 5.32 Å². The van der Waals surface area contributed by atoms with Crippen LogP contribution in [0.2, 0.25) is 0 Å². The molecule has 1 amide bonds. The average molecular weight is 321 g/mol. The molecule has 0 aliphatic heterocycles. The van der Waals surface area contributed by atoms with Gasteiger partial charge in [0.1, 0.15) is 11.3 Å². The molecule has 1 heterocycles. The van der Waals surface area contributed by atoms with E-state index < -0.39 is 0 Å². The molecule has 124 valence electrons. The van der Waals surface area contributed by atoms with Crippen molar-refractivity contribution in [2.75, 3.05) is 0 Å². The molecule has 3 nitrogen and oxygen atoms in total. The summed E-state index contributed by atoms with van der Waals surface area (Å²) in [5, 5.41) is 4.22. The second-order valence-corrected chi connectivity index (χ2v) is 6.24. The molecule has 0 radical (unpaired) electrons. The van der Waals surface area contributed by atoms with Crippen LogP contribution >= 0.6 is 0 Å². The molecule has 3 heteroatoms. The third-order valence-electron chi connectivity index (χ3n) is 4.30. The van der Waals surface area contributed by atoms with Crippen LogP contribution in [0.25, 0.3) is 11.0 Å². The van der Waals surface area contributed by atoms with E-state index in [1.807, 2.05) is 74.5 Å². The predicted octanol–water partition coefficient (Wildman–Crippen LogP) is 4.67. The fourth-order valence-corrected chi connectivity index (χ4v) is 3.09. The zero-order valence-corrected chi connectivity index (χ0v) is 14.2. The highest BCUT2D eigenvalue weighted by molar-refractivity contribution is 5.84. The lowest BCUT2D eigenvalue weighted by atomic mass is 9.95. The molecule has 0 fully saturated rings. The Bertz CT molecular complexity index is 774. The van der Waals surface area contributed by atoms with Crippen LogP contribution in [0.15, 0.2) is 65.1 Å². The van der Waals surface area contributed by atoms with Crippen molar-refractivity contribution in [3.63, 3.8) is 0 Å². The van der Waals surface area contributed by atoms with E-state index in [0.717, 1.165) is 28.7 Å². The zero-order valence-electron chi connectivity index (χ0n) is 14.2. The first-order valence-corrected chi connectivity index (χ1v) is 8.50. The van der Waals surface area contributed by atoms with Gasteiger partial charge in [0.25, 0.3) is 0 Å². The van der Waals surface area contributed by atoms with Gasteiger partial charge in [0.2, 0.25) is 5.91 Å². The lowest BCUT2D eigenvalue weighted by Gasteiger charge is -2.19. The maximum absolute atomic E-state index is 12.6. The fraction of sp³-hybridized carbons (Fsp3) is 0.286. The Hall–Kier alpha value is -2.55. The van der Waals surface area contributed by atoms with Crippen molar-refractivity contribution < 1.29 is 9.21 Å². The lowest BCUT2D eigenvalue weighted by Crippen LogP contribution is -2.37. The summed E-state index contributed by atoms with van der Waals surface area (Å²) in [4.78, 5) is 12.6. The maximum Gasteiger partial charge on any atom is 0.227 e. The highest BCUT2D eigenvalue weighted by atomic mass is 16.3. The van der Waals surface area contributed by atoms with Gasteiger partial charge in [0, 0.05) is 17.8 Å². The summed E-state index contributed by atoms with van der Waals surface area (Å²) in [6.45, 7) is 4.06. The minimum absolute atomic E-state index is 0.0239. The Labute approximate surface area is 142 Å². The van der Waals surface area contributed by atoms with Gasteiger partial charge in [-0.05, 0) is 31.0 Å². The lowest BCUT2D eigenvalue weighted by molar-refractivity contribution is -0.123. The van der Waals surface area contributed by atoms with Gasteiger partial charge in [-0.15, -0.1) is 0 Å². The number of hydrogen-bond donors (Lipinski definition) is 1. The summed E-state index contributed by atoms with van der Waals surface area (Å²) in [5.74, 6) is 0.869. The first-order valence-electron chi connectivity index (χ1n) is 8.50. The Morgan fingerprint density at radius 3 is 2.50 bits per heavy atom. The van der Waals surface area contributed by atoms with Crippen LogP contribution < -0.4 is 5.32 Å². The van der Waals surface area contributed by atoms with Crippen molar-refractivity contribution in [2.45, 2.75) is 38.6 Å². The number of fused-ring (bicyclic) bond motifs is 1. The molecule has 2 aromatic carbocycles. The molecule has 24 heavy (non-hydrogen) atoms. The number of amides is 1. The summed E-state index contributed by atoms with van der Waals surface area (Å²) < 4.78 is 5.84. The third-order valence-corrected chi connectivity index (χ3v) is 4.30. The van der Waals surface area contributed by atoms with E-state index in [9.17, 15) is 4.79 Å². The second kappa shape index (κ2) is 7.35. The molecule has 0 bridgehead atoms. The molecule has 3 aromatic rings. The highest BCUT2D eigenvalue weighted by Gasteiger charge is 2.20. The van der Waals surface area contributed by atoms with Crippen LogP contribution in [0.5, 0.6) is 0 Å². The smallest absolute Gasteiger partial charge is 0.227 e. The Kier molecular flexibility index (Phi) is 4.99. The first kappa shape index (κ1) is 16.3. The number of carbonyl (C=O) groups is 1. The van der Waals surface area contributed by atoms with Crippen molar-refractivity contribution in [2.24, 2.45) is 0 Å². The number of para-hydroxylation sites is 1. The van der Waals surface area contributed by atoms with Gasteiger partial charge in [-0.1, -0.05) is 55.5 Å². The van der Waals surface area contributed by atoms with Crippen LogP contribution in [-0.2, 0) is 11.2 Å². The molecule has 1 N–H and O–H groups in total. The van der Waals surface area contributed by atoms with E-state index in [2.05, 4.69) is 5.32 Å². The molecule has 3 rings (SSSR count). The molecule has 0 saturated carbocycles. The van der Waals surface area contributed by atoms with E-state index in [1.165, 1.54) is 0 Å². The Balaban J connectivity index is 1.65. The normalized spacial score (nSPS) is 13.6. The molecule has 1 aromatic heterocycles. The Morgan fingerprint density at radius 1 is 1.08 bits per heavy atom. The van der Waals surface area contributed by atoms with Crippen molar-refractivity contribution in [3.05, 3.63) is 72.0 Å². The molecule has 0 spiro atoms. The summed E-state index contributed by atoms with van der Waals surface area (Å²) >= 11 is 0. The summed E-state index contributed by atoms with van der Waals surface area (Å²) in [6.07, 6.45) is 1.47. The van der Waals surface area contributed by atoms with Crippen molar-refractivity contribution in [1.29, 1.82) is 0 Å². The largest absolute Gasteiger partial charge is 0.461 e. The molecule has 0 unspecified atom stereocenters. The van der Waals surface area contributed by atoms with Crippen LogP contribution in [0.4, 0.5) is 0 Å². The van der Waals surface area contributed by atoms with Gasteiger partial charge < -0.3 is 9.73 Å². The molecule has 2 atom stereocenters. The topological polar surface area (TPSA) is 42.2 Å². The Morgan fingerprint density at radius 2 is 1.79 bits per heavy atom. The van der Waals surface area contributed by atoms with Crippen LogP contribution in [0.1, 0.15) is 37.5 Å². The third kappa shape index (κ3) is 3.67. The first-order chi connectivity index (χ1) is 11.7. The number of benzene rings is 2. The van der Waals surface area contributed by atoms with E-state index in [1.54, 1.807) is 0 Å². The molecule has 0 saturated heterocycles. The van der Waals surface area contributed by atoms with E-state index in [0.29, 0.717) is 6.42 Å². The van der Waals surface area contributed by atoms with Gasteiger partial charge >= 0.3 is 0 Å². The molecular weight excluding hydrogens is 298 g/mol. The van der Waals surface area contributed by atoms with Crippen molar-refractivity contribution >= 4 is 16.9 Å². The predicted molar refractivity (Wildman–Crippen MR) is 97.0 cm³/mol. The minimum atomic E-state index is -0.107. The SMILES string of the molecule is CC[C@@H](C(=O)N[C@@H](C)Cc1cc2ccccc2o1)c1ccccc1. The quantitative estimate of drug-likeness (QED) is 0.716. The molecule has 0 aliphatic carbocycles. The minimum Gasteiger partial charge on any atom is -0.461 e. The van der Waals surface area contributed by atoms with Gasteiger partial charge in [-0.3, -0.25) is 4.79 Å². The van der Waals surface area contributed by atoms with Gasteiger partial charge in [-0.25, -0.2) is 0 Å². The van der Waals surface area contributed by atoms with Crippen LogP contribution in [0, 0.1) is 0 Å². The fourth-order valence-electron chi connectivity index (χ4n) is 3.09. The van der Waals surface area contributed by atoms with Crippen molar-refractivity contribution in [3.8, 4) is 0 Å². The van der Waals surface area contributed by atoms with E-state index in [4.69, 9.17) is 4.42 Å². The maximum atomic E-state index is 12.6. The number of furan rings is 1. The van der Waals surface area contributed by atoms with E-state index >= 15 is 0 Å². The van der Waals surface area contributed by atoms with E-state index in [-0.39, 0.29) is 17.9 Å². The van der Waals surface area contributed by atoms with Gasteiger partial charge in [0.05, 0.1) is 5.92 Å².